The molecule has 1 aliphatic rings. The standard InChI is InChI=1S/C22H28N2O3S/c1-3-4-13-24-20(25)12-11-19(22(26)23-15-18-6-5-14-28-18)21(24)16-7-9-17(27-2)10-8-16/h5-10,14,19,21H,3-4,11-13,15H2,1-2H3,(H,23,26). The molecule has 0 spiro atoms. The average molecular weight is 401 g/mol. The summed E-state index contributed by atoms with van der Waals surface area (Å²) in [5, 5.41) is 5.08. The van der Waals surface area contributed by atoms with Crippen molar-refractivity contribution in [2.24, 2.45) is 5.92 Å². The topological polar surface area (TPSA) is 58.6 Å². The number of ether oxygens (including phenoxy) is 1. The molecule has 0 saturated carbocycles. The molecule has 2 atom stereocenters. The molecule has 1 fully saturated rings. The number of thiophene rings is 1. The normalized spacial score (nSPS) is 19.5. The molecule has 0 aliphatic carbocycles. The van der Waals surface area contributed by atoms with Crippen LogP contribution in [0.4, 0.5) is 0 Å². The first kappa shape index (κ1) is 20.4. The lowest BCUT2D eigenvalue weighted by molar-refractivity contribution is -0.143. The monoisotopic (exact) mass is 400 g/mol. The summed E-state index contributed by atoms with van der Waals surface area (Å²) in [5.74, 6) is 0.674. The van der Waals surface area contributed by atoms with E-state index in [2.05, 4.69) is 12.2 Å². The van der Waals surface area contributed by atoms with E-state index in [4.69, 9.17) is 4.74 Å². The Kier molecular flexibility index (Phi) is 7.09. The Morgan fingerprint density at radius 1 is 1.29 bits per heavy atom. The number of amides is 2. The number of carbonyl (C=O) groups excluding carboxylic acids is 2. The average Bonchev–Trinajstić information content (AvgIpc) is 3.24. The second kappa shape index (κ2) is 9.73. The van der Waals surface area contributed by atoms with Gasteiger partial charge in [-0.05, 0) is 42.0 Å². The van der Waals surface area contributed by atoms with Crippen molar-refractivity contribution in [3.05, 3.63) is 52.2 Å². The Bertz CT molecular complexity index is 774. The Morgan fingerprint density at radius 3 is 2.71 bits per heavy atom. The minimum Gasteiger partial charge on any atom is -0.497 e. The van der Waals surface area contributed by atoms with Crippen LogP contribution in [0.3, 0.4) is 0 Å². The number of nitrogens with one attached hydrogen (secondary N) is 1. The van der Waals surface area contributed by atoms with Crippen LogP contribution in [-0.4, -0.2) is 30.4 Å². The van der Waals surface area contributed by atoms with Crippen molar-refractivity contribution < 1.29 is 14.3 Å². The maximum absolute atomic E-state index is 13.1. The second-order valence-electron chi connectivity index (χ2n) is 7.10. The van der Waals surface area contributed by atoms with E-state index in [-0.39, 0.29) is 23.8 Å². The van der Waals surface area contributed by atoms with Crippen LogP contribution in [0, 0.1) is 5.92 Å². The third-order valence-corrected chi connectivity index (χ3v) is 6.15. The van der Waals surface area contributed by atoms with Gasteiger partial charge in [0.1, 0.15) is 5.75 Å². The molecule has 1 aliphatic heterocycles. The summed E-state index contributed by atoms with van der Waals surface area (Å²) in [7, 11) is 1.63. The summed E-state index contributed by atoms with van der Waals surface area (Å²) in [4.78, 5) is 28.8. The number of rotatable bonds is 8. The summed E-state index contributed by atoms with van der Waals surface area (Å²) < 4.78 is 5.26. The molecule has 150 valence electrons. The summed E-state index contributed by atoms with van der Waals surface area (Å²) in [5.41, 5.74) is 0.987. The van der Waals surface area contributed by atoms with Crippen molar-refractivity contribution in [2.75, 3.05) is 13.7 Å². The van der Waals surface area contributed by atoms with Crippen molar-refractivity contribution in [1.29, 1.82) is 0 Å². The van der Waals surface area contributed by atoms with Gasteiger partial charge in [-0.1, -0.05) is 31.5 Å². The first-order chi connectivity index (χ1) is 13.6. The molecule has 2 aromatic rings. The number of unbranched alkanes of at least 4 members (excludes halogenated alkanes) is 1. The number of piperidine rings is 1. The molecule has 0 bridgehead atoms. The third-order valence-electron chi connectivity index (χ3n) is 5.27. The number of methoxy groups -OCH3 is 1. The van der Waals surface area contributed by atoms with Gasteiger partial charge in [0.05, 0.1) is 25.6 Å². The van der Waals surface area contributed by atoms with Crippen LogP contribution in [0.5, 0.6) is 5.75 Å². The van der Waals surface area contributed by atoms with Crippen LogP contribution >= 0.6 is 11.3 Å². The number of hydrogen-bond acceptors (Lipinski definition) is 4. The first-order valence-corrected chi connectivity index (χ1v) is 10.8. The fourth-order valence-corrected chi connectivity index (χ4v) is 4.40. The number of benzene rings is 1. The highest BCUT2D eigenvalue weighted by atomic mass is 32.1. The molecule has 2 unspecified atom stereocenters. The van der Waals surface area contributed by atoms with Gasteiger partial charge >= 0.3 is 0 Å². The minimum absolute atomic E-state index is 0.0169. The Balaban J connectivity index is 1.83. The van der Waals surface area contributed by atoms with Crippen LogP contribution in [-0.2, 0) is 16.1 Å². The van der Waals surface area contributed by atoms with Gasteiger partial charge in [-0.25, -0.2) is 0 Å². The van der Waals surface area contributed by atoms with Crippen LogP contribution < -0.4 is 10.1 Å². The van der Waals surface area contributed by atoms with Gasteiger partial charge in [-0.15, -0.1) is 11.3 Å². The molecule has 0 radical (unpaired) electrons. The van der Waals surface area contributed by atoms with Gasteiger partial charge in [-0.2, -0.15) is 0 Å². The minimum atomic E-state index is -0.247. The molecule has 1 aromatic carbocycles. The van der Waals surface area contributed by atoms with E-state index >= 15 is 0 Å². The molecule has 2 heterocycles. The molecule has 2 amide bonds. The lowest BCUT2D eigenvalue weighted by atomic mass is 9.83. The van der Waals surface area contributed by atoms with Crippen LogP contribution in [0.2, 0.25) is 0 Å². The molecule has 6 heteroatoms. The van der Waals surface area contributed by atoms with E-state index in [1.807, 2.05) is 46.7 Å². The van der Waals surface area contributed by atoms with Crippen LogP contribution in [0.25, 0.3) is 0 Å². The van der Waals surface area contributed by atoms with Gasteiger partial charge in [0.15, 0.2) is 0 Å². The SMILES string of the molecule is CCCCN1C(=O)CCC(C(=O)NCc2cccs2)C1c1ccc(OC)cc1. The lowest BCUT2D eigenvalue weighted by Crippen LogP contribution is -2.48. The number of nitrogens with zero attached hydrogens (tertiary/aromatic N) is 1. The van der Waals surface area contributed by atoms with Crippen molar-refractivity contribution in [1.82, 2.24) is 10.2 Å². The molecule has 1 N–H and O–H groups in total. The number of hydrogen-bond donors (Lipinski definition) is 1. The largest absolute Gasteiger partial charge is 0.497 e. The summed E-state index contributed by atoms with van der Waals surface area (Å²) >= 11 is 1.63. The Hall–Kier alpha value is -2.34. The highest BCUT2D eigenvalue weighted by Gasteiger charge is 2.40. The number of likely N-dealkylation sites (tertiary alicyclic amines) is 1. The van der Waals surface area contributed by atoms with Gasteiger partial charge in [0.2, 0.25) is 11.8 Å². The summed E-state index contributed by atoms with van der Waals surface area (Å²) in [6.07, 6.45) is 2.94. The summed E-state index contributed by atoms with van der Waals surface area (Å²) in [6, 6.07) is 11.5. The highest BCUT2D eigenvalue weighted by molar-refractivity contribution is 7.09. The molecule has 5 nitrogen and oxygen atoms in total. The van der Waals surface area contributed by atoms with Crippen molar-refractivity contribution in [2.45, 2.75) is 45.2 Å². The van der Waals surface area contributed by atoms with Gasteiger partial charge in [-0.3, -0.25) is 9.59 Å². The molecular formula is C22H28N2O3S. The first-order valence-electron chi connectivity index (χ1n) is 9.87. The highest BCUT2D eigenvalue weighted by Crippen LogP contribution is 2.37. The van der Waals surface area contributed by atoms with Gasteiger partial charge < -0.3 is 15.0 Å². The van der Waals surface area contributed by atoms with Crippen molar-refractivity contribution >= 4 is 23.2 Å². The predicted molar refractivity (Wildman–Crippen MR) is 111 cm³/mol. The molecule has 28 heavy (non-hydrogen) atoms. The fourth-order valence-electron chi connectivity index (χ4n) is 3.75. The van der Waals surface area contributed by atoms with Crippen molar-refractivity contribution in [3.8, 4) is 5.75 Å². The smallest absolute Gasteiger partial charge is 0.225 e. The van der Waals surface area contributed by atoms with E-state index in [9.17, 15) is 9.59 Å². The predicted octanol–water partition coefficient (Wildman–Crippen LogP) is 4.15. The lowest BCUT2D eigenvalue weighted by Gasteiger charge is -2.41. The maximum atomic E-state index is 13.1. The second-order valence-corrected chi connectivity index (χ2v) is 8.13. The van der Waals surface area contributed by atoms with E-state index in [1.54, 1.807) is 18.4 Å². The van der Waals surface area contributed by atoms with E-state index in [1.165, 1.54) is 0 Å². The number of carbonyl (C=O) groups is 2. The summed E-state index contributed by atoms with van der Waals surface area (Å²) in [6.45, 7) is 3.33. The third kappa shape index (κ3) is 4.73. The van der Waals surface area contributed by atoms with Crippen molar-refractivity contribution in [3.63, 3.8) is 0 Å². The maximum Gasteiger partial charge on any atom is 0.225 e. The zero-order chi connectivity index (χ0) is 19.9. The van der Waals surface area contributed by atoms with Crippen LogP contribution in [0.1, 0.15) is 49.1 Å². The molecule has 1 aromatic heterocycles. The molecular weight excluding hydrogens is 372 g/mol. The zero-order valence-electron chi connectivity index (χ0n) is 16.5. The molecule has 1 saturated heterocycles. The Morgan fingerprint density at radius 2 is 2.07 bits per heavy atom. The van der Waals surface area contributed by atoms with E-state index in [0.717, 1.165) is 29.0 Å². The van der Waals surface area contributed by atoms with Crippen LogP contribution in [0.15, 0.2) is 41.8 Å². The zero-order valence-corrected chi connectivity index (χ0v) is 17.3. The van der Waals surface area contributed by atoms with Gasteiger partial charge in [0, 0.05) is 17.8 Å². The Labute approximate surface area is 170 Å². The molecule has 3 rings (SSSR count). The van der Waals surface area contributed by atoms with E-state index in [0.29, 0.717) is 25.9 Å². The fraction of sp³-hybridized carbons (Fsp3) is 0.455. The van der Waals surface area contributed by atoms with E-state index < -0.39 is 0 Å². The van der Waals surface area contributed by atoms with Gasteiger partial charge in [0.25, 0.3) is 0 Å². The quantitative estimate of drug-likeness (QED) is 0.724.